The maximum Gasteiger partial charge on any atom is 0.410 e. The van der Waals surface area contributed by atoms with Gasteiger partial charge in [-0.2, -0.15) is 0 Å². The Kier molecular flexibility index (Phi) is 4.15. The highest BCUT2D eigenvalue weighted by Gasteiger charge is 2.30. The monoisotopic (exact) mass is 230 g/mol. The molecule has 0 aromatic carbocycles. The van der Waals surface area contributed by atoms with E-state index in [1.54, 1.807) is 4.90 Å². The van der Waals surface area contributed by atoms with Gasteiger partial charge in [0.15, 0.2) is 0 Å². The molecule has 1 rings (SSSR count). The average Bonchev–Trinajstić information content (AvgIpc) is 2.14. The molecule has 16 heavy (non-hydrogen) atoms. The minimum Gasteiger partial charge on any atom is -0.444 e. The van der Waals surface area contributed by atoms with Gasteiger partial charge < -0.3 is 20.1 Å². The van der Waals surface area contributed by atoms with Crippen molar-refractivity contribution in [2.75, 3.05) is 19.6 Å². The molecule has 0 bridgehead atoms. The van der Waals surface area contributed by atoms with Gasteiger partial charge in [-0.25, -0.2) is 4.79 Å². The fourth-order valence-electron chi connectivity index (χ4n) is 1.65. The molecule has 0 saturated carbocycles. The number of carbonyl (C=O) groups excluding carboxylic acids is 1. The Morgan fingerprint density at radius 3 is 2.62 bits per heavy atom. The van der Waals surface area contributed by atoms with E-state index in [1.807, 2.05) is 27.7 Å². The number of amides is 1. The van der Waals surface area contributed by atoms with Crippen LogP contribution in [0.25, 0.3) is 0 Å². The Morgan fingerprint density at radius 1 is 1.50 bits per heavy atom. The molecule has 0 aromatic rings. The normalized spacial score (nSPS) is 26.7. The largest absolute Gasteiger partial charge is 0.444 e. The first kappa shape index (κ1) is 13.3. The van der Waals surface area contributed by atoms with Gasteiger partial charge in [-0.05, 0) is 27.7 Å². The van der Waals surface area contributed by atoms with Gasteiger partial charge in [0.2, 0.25) is 0 Å². The molecule has 2 atom stereocenters. The van der Waals surface area contributed by atoms with Crippen LogP contribution in [0.1, 0.15) is 27.7 Å². The summed E-state index contributed by atoms with van der Waals surface area (Å²) in [5.41, 5.74) is 5.09. The first-order valence-electron chi connectivity index (χ1n) is 5.65. The van der Waals surface area contributed by atoms with Gasteiger partial charge in [0.25, 0.3) is 0 Å². The fourth-order valence-corrected chi connectivity index (χ4v) is 1.65. The van der Waals surface area contributed by atoms with E-state index < -0.39 is 5.60 Å². The molecule has 0 aliphatic carbocycles. The fraction of sp³-hybridized carbons (Fsp3) is 0.909. The zero-order valence-electron chi connectivity index (χ0n) is 10.5. The van der Waals surface area contributed by atoms with Gasteiger partial charge in [-0.1, -0.05) is 0 Å². The molecule has 94 valence electrons. The molecule has 5 heteroatoms. The second kappa shape index (κ2) is 5.01. The Balaban J connectivity index is 2.55. The summed E-state index contributed by atoms with van der Waals surface area (Å²) >= 11 is 0. The van der Waals surface area contributed by atoms with Crippen LogP contribution in [0.5, 0.6) is 0 Å². The van der Waals surface area contributed by atoms with E-state index >= 15 is 0 Å². The number of hydrogen-bond donors (Lipinski definition) is 1. The van der Waals surface area contributed by atoms with Crippen LogP contribution in [0.4, 0.5) is 4.79 Å². The number of hydrogen-bond acceptors (Lipinski definition) is 4. The molecule has 0 spiro atoms. The van der Waals surface area contributed by atoms with Crippen LogP contribution >= 0.6 is 0 Å². The predicted molar refractivity (Wildman–Crippen MR) is 61.2 cm³/mol. The van der Waals surface area contributed by atoms with Crippen molar-refractivity contribution in [1.82, 2.24) is 4.90 Å². The van der Waals surface area contributed by atoms with E-state index in [2.05, 4.69) is 0 Å². The first-order chi connectivity index (χ1) is 7.31. The van der Waals surface area contributed by atoms with Crippen molar-refractivity contribution in [2.45, 2.75) is 45.5 Å². The summed E-state index contributed by atoms with van der Waals surface area (Å²) in [4.78, 5) is 13.5. The molecular weight excluding hydrogens is 208 g/mol. The standard InChI is InChI=1S/C11H22N2O3/c1-8-6-13(7-9(5-12)15-8)10(14)16-11(2,3)4/h8-9H,5-7,12H2,1-4H3/t8-,9+/m1/s1. The Labute approximate surface area is 96.9 Å². The van der Waals surface area contributed by atoms with Gasteiger partial charge in [0.1, 0.15) is 5.60 Å². The predicted octanol–water partition coefficient (Wildman–Crippen LogP) is 0.970. The van der Waals surface area contributed by atoms with Crippen LogP contribution in [0.3, 0.4) is 0 Å². The lowest BCUT2D eigenvalue weighted by molar-refractivity contribution is -0.0757. The van der Waals surface area contributed by atoms with Crippen molar-refractivity contribution in [3.63, 3.8) is 0 Å². The summed E-state index contributed by atoms with van der Waals surface area (Å²) in [5.74, 6) is 0. The molecule has 1 aliphatic heterocycles. The molecule has 0 unspecified atom stereocenters. The quantitative estimate of drug-likeness (QED) is 0.729. The van der Waals surface area contributed by atoms with Gasteiger partial charge in [-0.3, -0.25) is 0 Å². The lowest BCUT2D eigenvalue weighted by atomic mass is 10.2. The number of morpholine rings is 1. The molecule has 0 aromatic heterocycles. The number of ether oxygens (including phenoxy) is 2. The zero-order chi connectivity index (χ0) is 12.3. The third-order valence-corrected chi connectivity index (χ3v) is 2.24. The molecule has 1 aliphatic rings. The van der Waals surface area contributed by atoms with Crippen molar-refractivity contribution < 1.29 is 14.3 Å². The SMILES string of the molecule is C[C@@H]1CN(C(=O)OC(C)(C)C)C[C@H](CN)O1. The van der Waals surface area contributed by atoms with Gasteiger partial charge in [0.05, 0.1) is 25.3 Å². The maximum atomic E-state index is 11.8. The van der Waals surface area contributed by atoms with E-state index in [-0.39, 0.29) is 18.3 Å². The third kappa shape index (κ3) is 3.98. The third-order valence-electron chi connectivity index (χ3n) is 2.24. The molecular formula is C11H22N2O3. The van der Waals surface area contributed by atoms with Crippen LogP contribution in [0.15, 0.2) is 0 Å². The minimum absolute atomic E-state index is 0.00909. The second-order valence-electron chi connectivity index (χ2n) is 5.19. The van der Waals surface area contributed by atoms with Gasteiger partial charge in [-0.15, -0.1) is 0 Å². The number of nitrogens with zero attached hydrogens (tertiary/aromatic N) is 1. The van der Waals surface area contributed by atoms with E-state index in [0.29, 0.717) is 19.6 Å². The van der Waals surface area contributed by atoms with Crippen molar-refractivity contribution in [2.24, 2.45) is 5.73 Å². The van der Waals surface area contributed by atoms with E-state index in [0.717, 1.165) is 0 Å². The molecule has 1 saturated heterocycles. The summed E-state index contributed by atoms with van der Waals surface area (Å²) in [6, 6.07) is 0. The summed E-state index contributed by atoms with van der Waals surface area (Å²) in [6.45, 7) is 8.99. The number of carbonyl (C=O) groups is 1. The Bertz CT molecular complexity index is 250. The molecule has 0 radical (unpaired) electrons. The topological polar surface area (TPSA) is 64.8 Å². The second-order valence-corrected chi connectivity index (χ2v) is 5.19. The minimum atomic E-state index is -0.461. The van der Waals surface area contributed by atoms with Gasteiger partial charge >= 0.3 is 6.09 Å². The summed E-state index contributed by atoms with van der Waals surface area (Å²) in [6.07, 6.45) is -0.368. The molecule has 2 N–H and O–H groups in total. The number of nitrogens with two attached hydrogens (primary N) is 1. The smallest absolute Gasteiger partial charge is 0.410 e. The Hall–Kier alpha value is -0.810. The van der Waals surface area contributed by atoms with E-state index in [9.17, 15) is 4.79 Å². The molecule has 1 heterocycles. The average molecular weight is 230 g/mol. The van der Waals surface area contributed by atoms with Crippen LogP contribution in [-0.4, -0.2) is 48.4 Å². The molecule has 1 amide bonds. The Morgan fingerprint density at radius 2 is 2.12 bits per heavy atom. The number of rotatable bonds is 1. The van der Waals surface area contributed by atoms with Crippen molar-refractivity contribution in [3.8, 4) is 0 Å². The highest BCUT2D eigenvalue weighted by atomic mass is 16.6. The van der Waals surface area contributed by atoms with Crippen molar-refractivity contribution in [1.29, 1.82) is 0 Å². The summed E-state index contributed by atoms with van der Waals surface area (Å²) in [7, 11) is 0. The van der Waals surface area contributed by atoms with Gasteiger partial charge in [0, 0.05) is 6.54 Å². The highest BCUT2D eigenvalue weighted by molar-refractivity contribution is 5.68. The van der Waals surface area contributed by atoms with Crippen molar-refractivity contribution in [3.05, 3.63) is 0 Å². The summed E-state index contributed by atoms with van der Waals surface area (Å²) < 4.78 is 10.9. The zero-order valence-corrected chi connectivity index (χ0v) is 10.5. The van der Waals surface area contributed by atoms with E-state index in [4.69, 9.17) is 15.2 Å². The summed E-state index contributed by atoms with van der Waals surface area (Å²) in [5, 5.41) is 0. The molecule has 1 fully saturated rings. The highest BCUT2D eigenvalue weighted by Crippen LogP contribution is 2.15. The molecule has 5 nitrogen and oxygen atoms in total. The van der Waals surface area contributed by atoms with Crippen molar-refractivity contribution >= 4 is 6.09 Å². The van der Waals surface area contributed by atoms with Crippen LogP contribution < -0.4 is 5.73 Å². The van der Waals surface area contributed by atoms with E-state index in [1.165, 1.54) is 0 Å². The lowest BCUT2D eigenvalue weighted by Crippen LogP contribution is -2.52. The van der Waals surface area contributed by atoms with Crippen LogP contribution in [0.2, 0.25) is 0 Å². The maximum absolute atomic E-state index is 11.8. The first-order valence-corrected chi connectivity index (χ1v) is 5.65. The van der Waals surface area contributed by atoms with Crippen LogP contribution in [0, 0.1) is 0 Å². The van der Waals surface area contributed by atoms with Crippen LogP contribution in [-0.2, 0) is 9.47 Å². The lowest BCUT2D eigenvalue weighted by Gasteiger charge is -2.37.